The maximum Gasteiger partial charge on any atom is 0.191 e. The van der Waals surface area contributed by atoms with Gasteiger partial charge in [0.05, 0.1) is 11.4 Å². The average Bonchev–Trinajstić information content (AvgIpc) is 2.60. The maximum atomic E-state index is 12.9. The van der Waals surface area contributed by atoms with E-state index in [2.05, 4.69) is 15.6 Å². The third-order valence-corrected chi connectivity index (χ3v) is 5.28. The standard InChI is InChI=1S/C20H26FN3O2S/c1-4-22-20(23-12-11-16-5-8-18(21)9-6-16)24-14-17-7-10-19(15(2)13-17)27(3,25)26/h5-10,13H,4,11-12,14H2,1-3H3,(H2,22,23,24). The predicted octanol–water partition coefficient (Wildman–Crippen LogP) is 2.84. The van der Waals surface area contributed by atoms with E-state index in [9.17, 15) is 12.8 Å². The highest BCUT2D eigenvalue weighted by atomic mass is 32.2. The number of rotatable bonds is 7. The van der Waals surface area contributed by atoms with Crippen molar-refractivity contribution in [3.05, 3.63) is 65.0 Å². The third kappa shape index (κ3) is 6.67. The Balaban J connectivity index is 1.98. The van der Waals surface area contributed by atoms with Gasteiger partial charge in [0, 0.05) is 19.3 Å². The summed E-state index contributed by atoms with van der Waals surface area (Å²) in [4.78, 5) is 4.89. The van der Waals surface area contributed by atoms with E-state index in [1.165, 1.54) is 18.4 Å². The minimum Gasteiger partial charge on any atom is -0.357 e. The number of hydrogen-bond acceptors (Lipinski definition) is 3. The van der Waals surface area contributed by atoms with Gasteiger partial charge < -0.3 is 10.6 Å². The van der Waals surface area contributed by atoms with Gasteiger partial charge in [0.1, 0.15) is 5.82 Å². The van der Waals surface area contributed by atoms with Crippen LogP contribution in [-0.2, 0) is 22.8 Å². The van der Waals surface area contributed by atoms with Gasteiger partial charge in [-0.1, -0.05) is 24.3 Å². The molecule has 2 aromatic carbocycles. The molecule has 0 spiro atoms. The molecule has 146 valence electrons. The van der Waals surface area contributed by atoms with Crippen LogP contribution in [0.4, 0.5) is 4.39 Å². The van der Waals surface area contributed by atoms with E-state index in [1.54, 1.807) is 31.2 Å². The molecule has 0 atom stereocenters. The van der Waals surface area contributed by atoms with Crippen molar-refractivity contribution in [3.63, 3.8) is 0 Å². The first-order chi connectivity index (χ1) is 12.8. The van der Waals surface area contributed by atoms with Crippen molar-refractivity contribution in [2.45, 2.75) is 31.7 Å². The monoisotopic (exact) mass is 391 g/mol. The topological polar surface area (TPSA) is 70.6 Å². The molecular formula is C20H26FN3O2S. The minimum absolute atomic E-state index is 0.237. The Morgan fingerprint density at radius 1 is 1.07 bits per heavy atom. The minimum atomic E-state index is -3.22. The zero-order valence-electron chi connectivity index (χ0n) is 15.9. The number of guanidine groups is 1. The Labute approximate surface area is 160 Å². The molecule has 0 radical (unpaired) electrons. The molecule has 2 rings (SSSR count). The Hall–Kier alpha value is -2.41. The van der Waals surface area contributed by atoms with Gasteiger partial charge in [-0.15, -0.1) is 0 Å². The summed E-state index contributed by atoms with van der Waals surface area (Å²) in [5.41, 5.74) is 2.71. The Morgan fingerprint density at radius 2 is 1.74 bits per heavy atom. The molecule has 0 saturated heterocycles. The van der Waals surface area contributed by atoms with Crippen molar-refractivity contribution in [2.24, 2.45) is 4.99 Å². The van der Waals surface area contributed by atoms with Crippen LogP contribution in [-0.4, -0.2) is 33.7 Å². The normalized spacial score (nSPS) is 12.1. The SMILES string of the molecule is CCNC(=NCc1ccc(S(C)(=O)=O)c(C)c1)NCCc1ccc(F)cc1. The maximum absolute atomic E-state index is 12.9. The van der Waals surface area contributed by atoms with E-state index in [-0.39, 0.29) is 5.82 Å². The van der Waals surface area contributed by atoms with Crippen LogP contribution < -0.4 is 10.6 Å². The van der Waals surface area contributed by atoms with Crippen molar-refractivity contribution >= 4 is 15.8 Å². The lowest BCUT2D eigenvalue weighted by Gasteiger charge is -2.12. The molecule has 0 heterocycles. The smallest absolute Gasteiger partial charge is 0.191 e. The second-order valence-electron chi connectivity index (χ2n) is 6.37. The summed E-state index contributed by atoms with van der Waals surface area (Å²) in [6, 6.07) is 11.7. The molecule has 0 aliphatic heterocycles. The predicted molar refractivity (Wildman–Crippen MR) is 107 cm³/mol. The van der Waals surface area contributed by atoms with Crippen LogP contribution in [0.3, 0.4) is 0 Å². The summed E-state index contributed by atoms with van der Waals surface area (Å²) in [5, 5.41) is 6.44. The number of hydrogen-bond donors (Lipinski definition) is 2. The molecule has 0 unspecified atom stereocenters. The summed E-state index contributed by atoms with van der Waals surface area (Å²) in [6.45, 7) is 5.62. The lowest BCUT2D eigenvalue weighted by molar-refractivity contribution is 0.601. The average molecular weight is 392 g/mol. The van der Waals surface area contributed by atoms with Gasteiger partial charge in [-0.05, 0) is 55.2 Å². The number of aryl methyl sites for hydroxylation is 1. The van der Waals surface area contributed by atoms with Gasteiger partial charge in [0.25, 0.3) is 0 Å². The Morgan fingerprint density at radius 3 is 2.33 bits per heavy atom. The van der Waals surface area contributed by atoms with Crippen LogP contribution in [0, 0.1) is 12.7 Å². The fourth-order valence-corrected chi connectivity index (χ4v) is 3.67. The molecule has 7 heteroatoms. The highest BCUT2D eigenvalue weighted by Crippen LogP contribution is 2.17. The molecule has 0 amide bonds. The zero-order valence-corrected chi connectivity index (χ0v) is 16.7. The van der Waals surface area contributed by atoms with Gasteiger partial charge in [-0.25, -0.2) is 17.8 Å². The van der Waals surface area contributed by atoms with Crippen LogP contribution in [0.2, 0.25) is 0 Å². The van der Waals surface area contributed by atoms with E-state index in [4.69, 9.17) is 0 Å². The fourth-order valence-electron chi connectivity index (χ4n) is 2.71. The molecule has 0 saturated carbocycles. The molecule has 0 aromatic heterocycles. The summed E-state index contributed by atoms with van der Waals surface area (Å²) in [5.74, 6) is 0.447. The van der Waals surface area contributed by atoms with Crippen molar-refractivity contribution in [1.82, 2.24) is 10.6 Å². The van der Waals surface area contributed by atoms with Crippen molar-refractivity contribution < 1.29 is 12.8 Å². The van der Waals surface area contributed by atoms with Crippen molar-refractivity contribution in [3.8, 4) is 0 Å². The van der Waals surface area contributed by atoms with E-state index in [0.29, 0.717) is 23.9 Å². The highest BCUT2D eigenvalue weighted by molar-refractivity contribution is 7.90. The molecule has 0 bridgehead atoms. The molecule has 5 nitrogen and oxygen atoms in total. The first kappa shape index (κ1) is 20.9. The zero-order chi connectivity index (χ0) is 19.9. The number of nitrogens with one attached hydrogen (secondary N) is 2. The number of aliphatic imine (C=N–C) groups is 1. The van der Waals surface area contributed by atoms with Gasteiger partial charge in [-0.2, -0.15) is 0 Å². The summed E-state index contributed by atoms with van der Waals surface area (Å²) in [6.07, 6.45) is 1.97. The lowest BCUT2D eigenvalue weighted by atomic mass is 10.1. The number of nitrogens with zero attached hydrogens (tertiary/aromatic N) is 1. The van der Waals surface area contributed by atoms with E-state index in [1.807, 2.05) is 13.0 Å². The van der Waals surface area contributed by atoms with Crippen LogP contribution in [0.15, 0.2) is 52.4 Å². The second kappa shape index (κ2) is 9.50. The van der Waals surface area contributed by atoms with Gasteiger partial charge in [-0.3, -0.25) is 0 Å². The van der Waals surface area contributed by atoms with Gasteiger partial charge in [0.2, 0.25) is 0 Å². The van der Waals surface area contributed by atoms with Crippen LogP contribution in [0.5, 0.6) is 0 Å². The first-order valence-corrected chi connectivity index (χ1v) is 10.7. The first-order valence-electron chi connectivity index (χ1n) is 8.86. The summed E-state index contributed by atoms with van der Waals surface area (Å²) in [7, 11) is -3.22. The van der Waals surface area contributed by atoms with E-state index in [0.717, 1.165) is 29.7 Å². The molecule has 0 aliphatic carbocycles. The van der Waals surface area contributed by atoms with E-state index >= 15 is 0 Å². The van der Waals surface area contributed by atoms with Crippen LogP contribution in [0.25, 0.3) is 0 Å². The number of benzene rings is 2. The van der Waals surface area contributed by atoms with Crippen LogP contribution >= 0.6 is 0 Å². The third-order valence-electron chi connectivity index (χ3n) is 4.02. The largest absolute Gasteiger partial charge is 0.357 e. The number of sulfone groups is 1. The van der Waals surface area contributed by atoms with Crippen LogP contribution in [0.1, 0.15) is 23.6 Å². The molecule has 2 N–H and O–H groups in total. The molecule has 0 aliphatic rings. The molecule has 0 fully saturated rings. The summed E-state index contributed by atoms with van der Waals surface area (Å²) >= 11 is 0. The number of halogens is 1. The molecule has 2 aromatic rings. The van der Waals surface area contributed by atoms with Gasteiger partial charge in [0.15, 0.2) is 15.8 Å². The van der Waals surface area contributed by atoms with Gasteiger partial charge >= 0.3 is 0 Å². The van der Waals surface area contributed by atoms with Crippen molar-refractivity contribution in [1.29, 1.82) is 0 Å². The van der Waals surface area contributed by atoms with E-state index < -0.39 is 9.84 Å². The fraction of sp³-hybridized carbons (Fsp3) is 0.350. The quantitative estimate of drug-likeness (QED) is 0.562. The molecular weight excluding hydrogens is 365 g/mol. The summed E-state index contributed by atoms with van der Waals surface area (Å²) < 4.78 is 36.3. The molecule has 27 heavy (non-hydrogen) atoms. The Kier molecular flexibility index (Phi) is 7.36. The lowest BCUT2D eigenvalue weighted by Crippen LogP contribution is -2.38. The van der Waals surface area contributed by atoms with Crippen molar-refractivity contribution in [2.75, 3.05) is 19.3 Å². The second-order valence-corrected chi connectivity index (χ2v) is 8.35. The highest BCUT2D eigenvalue weighted by Gasteiger charge is 2.10. The Bertz CT molecular complexity index is 894.